The van der Waals surface area contributed by atoms with E-state index in [9.17, 15) is 0 Å². The second-order valence-corrected chi connectivity index (χ2v) is 9.29. The Labute approximate surface area is 189 Å². The van der Waals surface area contributed by atoms with Crippen LogP contribution in [-0.4, -0.2) is 16.2 Å². The molecule has 3 aromatic carbocycles. The van der Waals surface area contributed by atoms with E-state index in [1.54, 1.807) is 0 Å². The standard InChI is InChI=1S/C27H29ClN2O/c1-27(2,3)20-14-16-21(17-15-20)31-19-9-8-18-30-25-13-7-6-12-24(25)29-26(30)22-10-4-5-11-23(22)28/h4-7,10-17H,8-9,18-19H2,1-3H3. The Morgan fingerprint density at radius 2 is 1.58 bits per heavy atom. The van der Waals surface area contributed by atoms with Gasteiger partial charge in [0.1, 0.15) is 11.6 Å². The molecule has 4 heteroatoms. The van der Waals surface area contributed by atoms with Gasteiger partial charge in [0.25, 0.3) is 0 Å². The van der Waals surface area contributed by atoms with E-state index < -0.39 is 0 Å². The molecule has 4 aromatic rings. The van der Waals surface area contributed by atoms with Crippen molar-refractivity contribution in [2.45, 2.75) is 45.6 Å². The first-order valence-corrected chi connectivity index (χ1v) is 11.2. The number of unbranched alkanes of at least 4 members (excludes halogenated alkanes) is 1. The molecule has 0 bridgehead atoms. The molecule has 0 N–H and O–H groups in total. The molecule has 0 unspecified atom stereocenters. The topological polar surface area (TPSA) is 27.1 Å². The summed E-state index contributed by atoms with van der Waals surface area (Å²) in [5.74, 6) is 1.85. The summed E-state index contributed by atoms with van der Waals surface area (Å²) in [6.07, 6.45) is 1.97. The molecule has 3 nitrogen and oxygen atoms in total. The van der Waals surface area contributed by atoms with Crippen LogP contribution in [0.4, 0.5) is 0 Å². The lowest BCUT2D eigenvalue weighted by Gasteiger charge is -2.19. The molecule has 0 saturated heterocycles. The molecule has 0 aliphatic rings. The van der Waals surface area contributed by atoms with Gasteiger partial charge in [-0.3, -0.25) is 0 Å². The number of imidazole rings is 1. The number of aromatic nitrogens is 2. The maximum Gasteiger partial charge on any atom is 0.142 e. The quantitative estimate of drug-likeness (QED) is 0.282. The summed E-state index contributed by atoms with van der Waals surface area (Å²) in [7, 11) is 0. The minimum absolute atomic E-state index is 0.158. The fraction of sp³-hybridized carbons (Fsp3) is 0.296. The Kier molecular flexibility index (Phi) is 6.33. The number of hydrogen-bond donors (Lipinski definition) is 0. The molecular formula is C27H29ClN2O. The van der Waals surface area contributed by atoms with Crippen LogP contribution in [0.5, 0.6) is 5.75 Å². The molecule has 1 aromatic heterocycles. The predicted octanol–water partition coefficient (Wildman–Crippen LogP) is 7.51. The molecule has 0 atom stereocenters. The molecule has 1 heterocycles. The van der Waals surface area contributed by atoms with Crippen molar-refractivity contribution in [2.24, 2.45) is 0 Å². The SMILES string of the molecule is CC(C)(C)c1ccc(OCCCCn2c(-c3ccccc3Cl)nc3ccccc32)cc1. The molecule has 160 valence electrons. The Morgan fingerprint density at radius 3 is 2.32 bits per heavy atom. The maximum atomic E-state index is 6.48. The normalized spacial score (nSPS) is 11.7. The van der Waals surface area contributed by atoms with Gasteiger partial charge in [0, 0.05) is 12.1 Å². The fourth-order valence-corrected chi connectivity index (χ4v) is 3.98. The van der Waals surface area contributed by atoms with Crippen molar-refractivity contribution in [3.8, 4) is 17.1 Å². The number of rotatable bonds is 7. The summed E-state index contributed by atoms with van der Waals surface area (Å²) in [6.45, 7) is 8.23. The number of para-hydroxylation sites is 2. The van der Waals surface area contributed by atoms with Crippen molar-refractivity contribution in [1.29, 1.82) is 0 Å². The van der Waals surface area contributed by atoms with Crippen LogP contribution in [0.3, 0.4) is 0 Å². The van der Waals surface area contributed by atoms with Crippen molar-refractivity contribution in [1.82, 2.24) is 9.55 Å². The van der Waals surface area contributed by atoms with Crippen molar-refractivity contribution >= 4 is 22.6 Å². The third-order valence-electron chi connectivity index (χ3n) is 5.53. The third-order valence-corrected chi connectivity index (χ3v) is 5.86. The average molecular weight is 433 g/mol. The van der Waals surface area contributed by atoms with Gasteiger partial charge in [-0.25, -0.2) is 4.98 Å². The smallest absolute Gasteiger partial charge is 0.142 e. The highest BCUT2D eigenvalue weighted by Gasteiger charge is 2.15. The van der Waals surface area contributed by atoms with Gasteiger partial charge in [0.05, 0.1) is 22.7 Å². The largest absolute Gasteiger partial charge is 0.494 e. The molecule has 0 fully saturated rings. The van der Waals surface area contributed by atoms with Gasteiger partial charge in [0.2, 0.25) is 0 Å². The highest BCUT2D eigenvalue weighted by Crippen LogP contribution is 2.30. The minimum Gasteiger partial charge on any atom is -0.494 e. The van der Waals surface area contributed by atoms with E-state index >= 15 is 0 Å². The lowest BCUT2D eigenvalue weighted by Crippen LogP contribution is -2.10. The second-order valence-electron chi connectivity index (χ2n) is 8.89. The molecule has 31 heavy (non-hydrogen) atoms. The van der Waals surface area contributed by atoms with Crippen LogP contribution in [0.15, 0.2) is 72.8 Å². The Morgan fingerprint density at radius 1 is 0.871 bits per heavy atom. The molecule has 0 aliphatic heterocycles. The van der Waals surface area contributed by atoms with E-state index in [4.69, 9.17) is 21.3 Å². The number of benzene rings is 3. The number of ether oxygens (including phenoxy) is 1. The second kappa shape index (κ2) is 9.15. The van der Waals surface area contributed by atoms with Crippen LogP contribution in [0.2, 0.25) is 5.02 Å². The summed E-state index contributed by atoms with van der Waals surface area (Å²) in [5.41, 5.74) is 4.57. The number of fused-ring (bicyclic) bond motifs is 1. The van der Waals surface area contributed by atoms with Crippen LogP contribution in [0.1, 0.15) is 39.2 Å². The first-order chi connectivity index (χ1) is 14.9. The Balaban J connectivity index is 1.41. The van der Waals surface area contributed by atoms with Crippen LogP contribution >= 0.6 is 11.6 Å². The average Bonchev–Trinajstić information content (AvgIpc) is 3.12. The van der Waals surface area contributed by atoms with Crippen molar-refractivity contribution < 1.29 is 4.74 Å². The first kappa shape index (κ1) is 21.5. The van der Waals surface area contributed by atoms with Gasteiger partial charge in [0.15, 0.2) is 0 Å². The van der Waals surface area contributed by atoms with E-state index in [0.29, 0.717) is 6.61 Å². The maximum absolute atomic E-state index is 6.48. The summed E-state index contributed by atoms with van der Waals surface area (Å²) in [4.78, 5) is 4.87. The molecule has 0 amide bonds. The van der Waals surface area contributed by atoms with Gasteiger partial charge in [-0.1, -0.05) is 68.8 Å². The van der Waals surface area contributed by atoms with E-state index in [0.717, 1.165) is 52.6 Å². The van der Waals surface area contributed by atoms with Crippen LogP contribution in [0, 0.1) is 0 Å². The highest BCUT2D eigenvalue weighted by atomic mass is 35.5. The fourth-order valence-electron chi connectivity index (χ4n) is 3.76. The van der Waals surface area contributed by atoms with Crippen molar-refractivity contribution in [3.05, 3.63) is 83.4 Å². The van der Waals surface area contributed by atoms with Crippen LogP contribution < -0.4 is 4.74 Å². The van der Waals surface area contributed by atoms with E-state index in [2.05, 4.69) is 67.8 Å². The number of nitrogens with zero attached hydrogens (tertiary/aromatic N) is 2. The molecule has 0 radical (unpaired) electrons. The Hall–Kier alpha value is -2.78. The van der Waals surface area contributed by atoms with Gasteiger partial charge in [-0.15, -0.1) is 0 Å². The zero-order chi connectivity index (χ0) is 21.8. The Bertz CT molecular complexity index is 1160. The van der Waals surface area contributed by atoms with E-state index in [1.165, 1.54) is 5.56 Å². The molecule has 0 saturated carbocycles. The predicted molar refractivity (Wildman–Crippen MR) is 130 cm³/mol. The monoisotopic (exact) mass is 432 g/mol. The summed E-state index contributed by atoms with van der Waals surface area (Å²) < 4.78 is 8.24. The molecule has 4 rings (SSSR count). The third kappa shape index (κ3) is 4.94. The summed E-state index contributed by atoms with van der Waals surface area (Å²) in [5, 5.41) is 0.723. The van der Waals surface area contributed by atoms with Crippen molar-refractivity contribution in [3.63, 3.8) is 0 Å². The van der Waals surface area contributed by atoms with Gasteiger partial charge in [-0.2, -0.15) is 0 Å². The van der Waals surface area contributed by atoms with E-state index in [-0.39, 0.29) is 5.41 Å². The molecule has 0 spiro atoms. The van der Waals surface area contributed by atoms with Gasteiger partial charge >= 0.3 is 0 Å². The number of halogens is 1. The minimum atomic E-state index is 0.158. The highest BCUT2D eigenvalue weighted by molar-refractivity contribution is 6.33. The lowest BCUT2D eigenvalue weighted by molar-refractivity contribution is 0.303. The number of aryl methyl sites for hydroxylation is 1. The molecular weight excluding hydrogens is 404 g/mol. The summed E-state index contributed by atoms with van der Waals surface area (Å²) >= 11 is 6.48. The van der Waals surface area contributed by atoms with Gasteiger partial charge < -0.3 is 9.30 Å². The molecule has 0 aliphatic carbocycles. The van der Waals surface area contributed by atoms with Crippen LogP contribution in [0.25, 0.3) is 22.4 Å². The zero-order valence-corrected chi connectivity index (χ0v) is 19.2. The number of hydrogen-bond acceptors (Lipinski definition) is 2. The van der Waals surface area contributed by atoms with Gasteiger partial charge in [-0.05, 0) is 60.2 Å². The van der Waals surface area contributed by atoms with E-state index in [1.807, 2.05) is 30.3 Å². The van der Waals surface area contributed by atoms with Crippen molar-refractivity contribution in [2.75, 3.05) is 6.61 Å². The summed E-state index contributed by atoms with van der Waals surface area (Å²) in [6, 6.07) is 24.6. The van der Waals surface area contributed by atoms with Crippen LogP contribution in [-0.2, 0) is 12.0 Å². The first-order valence-electron chi connectivity index (χ1n) is 10.9. The lowest BCUT2D eigenvalue weighted by atomic mass is 9.87. The zero-order valence-electron chi connectivity index (χ0n) is 18.4.